The number of hydrogen-bond acceptors (Lipinski definition) is 3. The van der Waals surface area contributed by atoms with Crippen LogP contribution in [-0.4, -0.2) is 34.7 Å². The summed E-state index contributed by atoms with van der Waals surface area (Å²) >= 11 is 0. The molecule has 1 atom stereocenters. The lowest BCUT2D eigenvalue weighted by Gasteiger charge is -2.20. The molecule has 4 heteroatoms. The van der Waals surface area contributed by atoms with Crippen molar-refractivity contribution in [1.29, 1.82) is 0 Å². The third kappa shape index (κ3) is 2.33. The van der Waals surface area contributed by atoms with E-state index in [-0.39, 0.29) is 12.2 Å². The molecule has 0 bridgehead atoms. The zero-order valence-corrected chi connectivity index (χ0v) is 9.89. The number of likely N-dealkylation sites (tertiary alicyclic amines) is 1. The predicted molar refractivity (Wildman–Crippen MR) is 63.9 cm³/mol. The van der Waals surface area contributed by atoms with Gasteiger partial charge in [-0.2, -0.15) is 0 Å². The maximum absolute atomic E-state index is 11.0. The van der Waals surface area contributed by atoms with Crippen molar-refractivity contribution in [2.24, 2.45) is 0 Å². The molecule has 1 aromatic rings. The summed E-state index contributed by atoms with van der Waals surface area (Å²) in [6.45, 7) is 0.839. The summed E-state index contributed by atoms with van der Waals surface area (Å²) in [4.78, 5) is 13.2. The quantitative estimate of drug-likeness (QED) is 0.836. The van der Waals surface area contributed by atoms with Crippen LogP contribution in [0.25, 0.3) is 0 Å². The average molecular weight is 235 g/mol. The van der Waals surface area contributed by atoms with Crippen molar-refractivity contribution in [1.82, 2.24) is 4.90 Å². The number of hydrogen-bond donors (Lipinski definition) is 2. The van der Waals surface area contributed by atoms with Crippen LogP contribution in [0.1, 0.15) is 40.4 Å². The lowest BCUT2D eigenvalue weighted by Crippen LogP contribution is -2.18. The maximum atomic E-state index is 11.0. The van der Waals surface area contributed by atoms with Crippen molar-refractivity contribution >= 4 is 5.97 Å². The fourth-order valence-corrected chi connectivity index (χ4v) is 2.49. The van der Waals surface area contributed by atoms with E-state index in [9.17, 15) is 9.90 Å². The minimum atomic E-state index is -0.986. The van der Waals surface area contributed by atoms with Crippen LogP contribution in [-0.2, 0) is 6.61 Å². The van der Waals surface area contributed by atoms with E-state index in [4.69, 9.17) is 5.11 Å². The van der Waals surface area contributed by atoms with Crippen LogP contribution in [0, 0.1) is 0 Å². The highest BCUT2D eigenvalue weighted by Gasteiger charge is 2.23. The molecule has 0 amide bonds. The maximum Gasteiger partial charge on any atom is 0.336 e. The summed E-state index contributed by atoms with van der Waals surface area (Å²) in [7, 11) is 2.07. The van der Waals surface area contributed by atoms with E-state index in [2.05, 4.69) is 11.9 Å². The third-order valence-corrected chi connectivity index (χ3v) is 3.44. The summed E-state index contributed by atoms with van der Waals surface area (Å²) in [6, 6.07) is 5.61. The van der Waals surface area contributed by atoms with E-state index in [1.165, 1.54) is 0 Å². The van der Waals surface area contributed by atoms with Gasteiger partial charge in [-0.15, -0.1) is 0 Å². The Kier molecular flexibility index (Phi) is 3.45. The normalized spacial score (nSPS) is 20.7. The monoisotopic (exact) mass is 235 g/mol. The lowest BCUT2D eigenvalue weighted by molar-refractivity contribution is 0.0693. The molecule has 0 aromatic heterocycles. The molecule has 1 heterocycles. The number of rotatable bonds is 3. The zero-order chi connectivity index (χ0) is 12.4. The van der Waals surface area contributed by atoms with Crippen LogP contribution < -0.4 is 0 Å². The molecular formula is C13H17NO3. The van der Waals surface area contributed by atoms with Crippen molar-refractivity contribution in [3.05, 3.63) is 34.9 Å². The van der Waals surface area contributed by atoms with Gasteiger partial charge in [0.15, 0.2) is 0 Å². The Morgan fingerprint density at radius 3 is 2.82 bits per heavy atom. The molecule has 0 saturated carbocycles. The van der Waals surface area contributed by atoms with E-state index in [1.807, 2.05) is 12.1 Å². The second-order valence-corrected chi connectivity index (χ2v) is 4.52. The van der Waals surface area contributed by atoms with Gasteiger partial charge in [0, 0.05) is 6.04 Å². The van der Waals surface area contributed by atoms with Gasteiger partial charge in [0.1, 0.15) is 0 Å². The van der Waals surface area contributed by atoms with Crippen molar-refractivity contribution in [3.63, 3.8) is 0 Å². The van der Waals surface area contributed by atoms with Gasteiger partial charge in [-0.1, -0.05) is 12.1 Å². The lowest BCUT2D eigenvalue weighted by atomic mass is 9.98. The van der Waals surface area contributed by atoms with Gasteiger partial charge in [0.05, 0.1) is 12.2 Å². The van der Waals surface area contributed by atoms with Gasteiger partial charge >= 0.3 is 5.97 Å². The minimum absolute atomic E-state index is 0.192. The highest BCUT2D eigenvalue weighted by Crippen LogP contribution is 2.31. The topological polar surface area (TPSA) is 60.8 Å². The zero-order valence-electron chi connectivity index (χ0n) is 9.89. The first-order valence-electron chi connectivity index (χ1n) is 5.80. The van der Waals surface area contributed by atoms with E-state index in [0.717, 1.165) is 24.9 Å². The molecule has 0 aliphatic carbocycles. The number of nitrogens with zero attached hydrogens (tertiary/aromatic N) is 1. The number of carbonyl (C=O) groups is 1. The first kappa shape index (κ1) is 12.1. The van der Waals surface area contributed by atoms with Gasteiger partial charge in [-0.25, -0.2) is 4.79 Å². The van der Waals surface area contributed by atoms with Crippen LogP contribution in [0.3, 0.4) is 0 Å². The second kappa shape index (κ2) is 4.85. The fraction of sp³-hybridized carbons (Fsp3) is 0.462. The average Bonchev–Trinajstić information content (AvgIpc) is 2.74. The third-order valence-electron chi connectivity index (χ3n) is 3.44. The second-order valence-electron chi connectivity index (χ2n) is 4.52. The van der Waals surface area contributed by atoms with Crippen LogP contribution in [0.15, 0.2) is 18.2 Å². The molecule has 1 fully saturated rings. The van der Waals surface area contributed by atoms with E-state index in [0.29, 0.717) is 11.6 Å². The summed E-state index contributed by atoms with van der Waals surface area (Å²) in [5, 5.41) is 18.2. The number of aliphatic hydroxyl groups is 1. The Labute approximate surface area is 100 Å². The Morgan fingerprint density at radius 1 is 1.53 bits per heavy atom. The van der Waals surface area contributed by atoms with Gasteiger partial charge in [-0.3, -0.25) is 4.90 Å². The molecule has 2 N–H and O–H groups in total. The Balaban J connectivity index is 2.34. The molecule has 0 spiro atoms. The first-order valence-corrected chi connectivity index (χ1v) is 5.80. The highest BCUT2D eigenvalue weighted by atomic mass is 16.4. The van der Waals surface area contributed by atoms with Gasteiger partial charge in [0.2, 0.25) is 0 Å². The number of aliphatic hydroxyl groups excluding tert-OH is 1. The Bertz CT molecular complexity index is 431. The summed E-state index contributed by atoms with van der Waals surface area (Å²) in [6.07, 6.45) is 2.25. The Morgan fingerprint density at radius 2 is 2.29 bits per heavy atom. The van der Waals surface area contributed by atoms with E-state index in [1.54, 1.807) is 6.07 Å². The molecule has 1 aliphatic rings. The number of carboxylic acids is 1. The Hall–Kier alpha value is -1.39. The molecule has 4 nitrogen and oxygen atoms in total. The molecule has 1 aliphatic heterocycles. The summed E-state index contributed by atoms with van der Waals surface area (Å²) in [5.41, 5.74) is 1.78. The highest BCUT2D eigenvalue weighted by molar-refractivity contribution is 5.89. The number of benzene rings is 1. The SMILES string of the molecule is CN1CCCC1c1ccc(C(=O)O)c(CO)c1. The molecule has 17 heavy (non-hydrogen) atoms. The van der Waals surface area contributed by atoms with E-state index >= 15 is 0 Å². The number of aromatic carboxylic acids is 1. The van der Waals surface area contributed by atoms with Crippen LogP contribution in [0.2, 0.25) is 0 Å². The van der Waals surface area contributed by atoms with Crippen molar-refractivity contribution in [2.45, 2.75) is 25.5 Å². The van der Waals surface area contributed by atoms with Crippen molar-refractivity contribution in [2.75, 3.05) is 13.6 Å². The summed E-state index contributed by atoms with van der Waals surface area (Å²) < 4.78 is 0. The van der Waals surface area contributed by atoms with Crippen LogP contribution in [0.4, 0.5) is 0 Å². The van der Waals surface area contributed by atoms with Crippen LogP contribution >= 0.6 is 0 Å². The molecule has 1 unspecified atom stereocenters. The molecular weight excluding hydrogens is 218 g/mol. The largest absolute Gasteiger partial charge is 0.478 e. The standard InChI is InChI=1S/C13H17NO3/c1-14-6-2-3-12(14)9-4-5-11(13(16)17)10(7-9)8-15/h4-5,7,12,15H,2-3,6,8H2,1H3,(H,16,17). The smallest absolute Gasteiger partial charge is 0.336 e. The molecule has 2 rings (SSSR count). The molecule has 0 radical (unpaired) electrons. The molecule has 1 saturated heterocycles. The van der Waals surface area contributed by atoms with Gasteiger partial charge < -0.3 is 10.2 Å². The molecule has 1 aromatic carbocycles. The van der Waals surface area contributed by atoms with Crippen molar-refractivity contribution in [3.8, 4) is 0 Å². The van der Waals surface area contributed by atoms with Gasteiger partial charge in [0.25, 0.3) is 0 Å². The fourth-order valence-electron chi connectivity index (χ4n) is 2.49. The van der Waals surface area contributed by atoms with E-state index < -0.39 is 5.97 Å². The van der Waals surface area contributed by atoms with Crippen LogP contribution in [0.5, 0.6) is 0 Å². The minimum Gasteiger partial charge on any atom is -0.478 e. The number of carboxylic acid groups (broad SMARTS) is 1. The van der Waals surface area contributed by atoms with Gasteiger partial charge in [-0.05, 0) is 43.6 Å². The van der Waals surface area contributed by atoms with Crippen molar-refractivity contribution < 1.29 is 15.0 Å². The summed E-state index contributed by atoms with van der Waals surface area (Å²) in [5.74, 6) is -0.986. The molecule has 92 valence electrons. The predicted octanol–water partition coefficient (Wildman–Crippen LogP) is 1.64. The first-order chi connectivity index (χ1) is 8.13.